The van der Waals surface area contributed by atoms with Gasteiger partial charge in [0, 0.05) is 0 Å². The van der Waals surface area contributed by atoms with E-state index in [9.17, 15) is 14.0 Å². The van der Waals surface area contributed by atoms with Gasteiger partial charge in [-0.2, -0.15) is 0 Å². The van der Waals surface area contributed by atoms with Gasteiger partial charge in [-0.1, -0.05) is 26.3 Å². The third-order valence-corrected chi connectivity index (χ3v) is 3.75. The summed E-state index contributed by atoms with van der Waals surface area (Å²) in [5, 5.41) is 11.6. The number of carbonyl (C=O) groups excluding carboxylic acids is 1. The number of rotatable bonds is 6. The summed E-state index contributed by atoms with van der Waals surface area (Å²) in [5.74, 6) is -2.00. The van der Waals surface area contributed by atoms with Gasteiger partial charge in [-0.25, -0.2) is 9.18 Å². The number of nitrogens with one attached hydrogen (secondary N) is 1. The van der Waals surface area contributed by atoms with Crippen molar-refractivity contribution in [3.05, 3.63) is 34.1 Å². The summed E-state index contributed by atoms with van der Waals surface area (Å²) in [7, 11) is 0. The molecule has 20 heavy (non-hydrogen) atoms. The lowest BCUT2D eigenvalue weighted by Crippen LogP contribution is -2.45. The highest BCUT2D eigenvalue weighted by Gasteiger charge is 2.25. The smallest absolute Gasteiger partial charge is 0.326 e. The molecular weight excluding hydrogens is 329 g/mol. The first-order valence-electron chi connectivity index (χ1n) is 6.31. The van der Waals surface area contributed by atoms with Crippen molar-refractivity contribution in [2.24, 2.45) is 5.92 Å². The van der Waals surface area contributed by atoms with Crippen molar-refractivity contribution in [1.29, 1.82) is 0 Å². The van der Waals surface area contributed by atoms with Crippen LogP contribution < -0.4 is 5.32 Å². The Morgan fingerprint density at radius 2 is 2.10 bits per heavy atom. The van der Waals surface area contributed by atoms with Crippen molar-refractivity contribution in [2.45, 2.75) is 32.7 Å². The SMILES string of the molecule is CC[C@H](C)[C@H](NC(=O)Cc1ccc(F)c(Br)c1)C(=O)O. The lowest BCUT2D eigenvalue weighted by molar-refractivity contribution is -0.143. The van der Waals surface area contributed by atoms with Gasteiger partial charge in [-0.05, 0) is 39.5 Å². The lowest BCUT2D eigenvalue weighted by atomic mass is 9.99. The molecule has 0 aromatic heterocycles. The van der Waals surface area contributed by atoms with E-state index in [2.05, 4.69) is 21.2 Å². The molecule has 1 amide bonds. The molecule has 110 valence electrons. The van der Waals surface area contributed by atoms with Crippen LogP contribution in [0.15, 0.2) is 22.7 Å². The van der Waals surface area contributed by atoms with E-state index in [0.29, 0.717) is 12.0 Å². The van der Waals surface area contributed by atoms with Gasteiger partial charge >= 0.3 is 5.97 Å². The number of hydrogen-bond donors (Lipinski definition) is 2. The summed E-state index contributed by atoms with van der Waals surface area (Å²) in [6.07, 6.45) is 0.665. The van der Waals surface area contributed by atoms with Crippen LogP contribution in [0.5, 0.6) is 0 Å². The van der Waals surface area contributed by atoms with Crippen LogP contribution in [0.2, 0.25) is 0 Å². The predicted molar refractivity (Wildman–Crippen MR) is 76.8 cm³/mol. The first-order chi connectivity index (χ1) is 9.35. The molecule has 0 heterocycles. The first kappa shape index (κ1) is 16.6. The van der Waals surface area contributed by atoms with Gasteiger partial charge < -0.3 is 10.4 Å². The van der Waals surface area contributed by atoms with E-state index in [1.54, 1.807) is 6.92 Å². The molecule has 2 atom stereocenters. The van der Waals surface area contributed by atoms with Crippen LogP contribution >= 0.6 is 15.9 Å². The van der Waals surface area contributed by atoms with Crippen LogP contribution in [0.25, 0.3) is 0 Å². The second kappa shape index (κ2) is 7.38. The van der Waals surface area contributed by atoms with E-state index in [1.165, 1.54) is 18.2 Å². The second-order valence-electron chi connectivity index (χ2n) is 4.69. The Morgan fingerprint density at radius 1 is 1.45 bits per heavy atom. The lowest BCUT2D eigenvalue weighted by Gasteiger charge is -2.20. The Labute approximate surface area is 125 Å². The molecule has 4 nitrogen and oxygen atoms in total. The summed E-state index contributed by atoms with van der Waals surface area (Å²) >= 11 is 3.04. The highest BCUT2D eigenvalue weighted by molar-refractivity contribution is 9.10. The van der Waals surface area contributed by atoms with Crippen LogP contribution in [0.4, 0.5) is 4.39 Å². The second-order valence-corrected chi connectivity index (χ2v) is 5.55. The maximum absolute atomic E-state index is 13.1. The minimum absolute atomic E-state index is 0.0130. The van der Waals surface area contributed by atoms with Gasteiger partial charge in [0.2, 0.25) is 5.91 Å². The van der Waals surface area contributed by atoms with E-state index >= 15 is 0 Å². The molecule has 1 aromatic rings. The number of carboxylic acids is 1. The average Bonchev–Trinajstić information content (AvgIpc) is 2.39. The predicted octanol–water partition coefficient (Wildman–Crippen LogP) is 2.75. The molecule has 0 aliphatic rings. The van der Waals surface area contributed by atoms with E-state index in [1.807, 2.05) is 6.92 Å². The zero-order valence-electron chi connectivity index (χ0n) is 11.3. The summed E-state index contributed by atoms with van der Waals surface area (Å²) < 4.78 is 13.4. The van der Waals surface area contributed by atoms with Crippen LogP contribution in [-0.4, -0.2) is 23.0 Å². The molecule has 1 aromatic carbocycles. The summed E-state index contributed by atoms with van der Waals surface area (Å²) in [6, 6.07) is 3.36. The molecule has 6 heteroatoms. The number of benzene rings is 1. The molecule has 0 radical (unpaired) electrons. The number of carboxylic acid groups (broad SMARTS) is 1. The van der Waals surface area contributed by atoms with Gasteiger partial charge in [0.1, 0.15) is 11.9 Å². The number of aliphatic carboxylic acids is 1. The van der Waals surface area contributed by atoms with Crippen molar-refractivity contribution in [1.82, 2.24) is 5.32 Å². The highest BCUT2D eigenvalue weighted by Crippen LogP contribution is 2.17. The van der Waals surface area contributed by atoms with Crippen LogP contribution in [0.1, 0.15) is 25.8 Å². The van der Waals surface area contributed by atoms with Crippen LogP contribution in [0, 0.1) is 11.7 Å². The summed E-state index contributed by atoms with van der Waals surface area (Å²) in [6.45, 7) is 3.64. The quantitative estimate of drug-likeness (QED) is 0.832. The van der Waals surface area contributed by atoms with Crippen molar-refractivity contribution in [3.63, 3.8) is 0 Å². The Hall–Kier alpha value is -1.43. The summed E-state index contributed by atoms with van der Waals surface area (Å²) in [5.41, 5.74) is 0.615. The van der Waals surface area contributed by atoms with E-state index < -0.39 is 23.7 Å². The minimum atomic E-state index is -1.05. The minimum Gasteiger partial charge on any atom is -0.480 e. The van der Waals surface area contributed by atoms with Gasteiger partial charge in [-0.15, -0.1) is 0 Å². The largest absolute Gasteiger partial charge is 0.480 e. The molecule has 0 saturated carbocycles. The zero-order chi connectivity index (χ0) is 15.3. The Morgan fingerprint density at radius 3 is 2.60 bits per heavy atom. The van der Waals surface area contributed by atoms with Crippen LogP contribution in [0.3, 0.4) is 0 Å². The number of halogens is 2. The van der Waals surface area contributed by atoms with E-state index in [-0.39, 0.29) is 16.8 Å². The molecule has 0 saturated heterocycles. The number of amides is 1. The molecule has 0 unspecified atom stereocenters. The third-order valence-electron chi connectivity index (χ3n) is 3.14. The monoisotopic (exact) mass is 345 g/mol. The zero-order valence-corrected chi connectivity index (χ0v) is 12.9. The summed E-state index contributed by atoms with van der Waals surface area (Å²) in [4.78, 5) is 23.0. The number of hydrogen-bond acceptors (Lipinski definition) is 2. The molecule has 0 fully saturated rings. The van der Waals surface area contributed by atoms with Gasteiger partial charge in [-0.3, -0.25) is 4.79 Å². The topological polar surface area (TPSA) is 66.4 Å². The first-order valence-corrected chi connectivity index (χ1v) is 7.10. The Balaban J connectivity index is 2.70. The van der Waals surface area contributed by atoms with E-state index in [4.69, 9.17) is 5.11 Å². The molecule has 2 N–H and O–H groups in total. The van der Waals surface area contributed by atoms with Gasteiger partial charge in [0.15, 0.2) is 0 Å². The fourth-order valence-corrected chi connectivity index (χ4v) is 2.17. The fraction of sp³-hybridized carbons (Fsp3) is 0.429. The van der Waals surface area contributed by atoms with Gasteiger partial charge in [0.25, 0.3) is 0 Å². The molecule has 1 rings (SSSR count). The van der Waals surface area contributed by atoms with Crippen LogP contribution in [-0.2, 0) is 16.0 Å². The van der Waals surface area contributed by atoms with Crippen molar-refractivity contribution >= 4 is 27.8 Å². The normalized spacial score (nSPS) is 13.6. The van der Waals surface area contributed by atoms with Crippen molar-refractivity contribution < 1.29 is 19.1 Å². The number of carbonyl (C=O) groups is 2. The molecular formula is C14H17BrFNO3. The van der Waals surface area contributed by atoms with Crippen molar-refractivity contribution in [2.75, 3.05) is 0 Å². The average molecular weight is 346 g/mol. The van der Waals surface area contributed by atoms with Gasteiger partial charge in [0.05, 0.1) is 10.9 Å². The molecule has 0 aliphatic heterocycles. The maximum atomic E-state index is 13.1. The van der Waals surface area contributed by atoms with E-state index in [0.717, 1.165) is 0 Å². The van der Waals surface area contributed by atoms with Crippen molar-refractivity contribution in [3.8, 4) is 0 Å². The molecule has 0 spiro atoms. The maximum Gasteiger partial charge on any atom is 0.326 e. The Bertz CT molecular complexity index is 507. The highest BCUT2D eigenvalue weighted by atomic mass is 79.9. The molecule has 0 bridgehead atoms. The molecule has 0 aliphatic carbocycles. The third kappa shape index (κ3) is 4.59. The standard InChI is InChI=1S/C14H17BrFNO3/c1-3-8(2)13(14(19)20)17-12(18)7-9-4-5-11(16)10(15)6-9/h4-6,8,13H,3,7H2,1-2H3,(H,17,18)(H,19,20)/t8-,13-/m0/s1. The fourth-order valence-electron chi connectivity index (χ4n) is 1.74. The Kier molecular flexibility index (Phi) is 6.13.